The Morgan fingerprint density at radius 3 is 2.65 bits per heavy atom. The van der Waals surface area contributed by atoms with E-state index >= 15 is 0 Å². The van der Waals surface area contributed by atoms with Crippen molar-refractivity contribution in [3.63, 3.8) is 0 Å². The molecule has 0 unspecified atom stereocenters. The highest BCUT2D eigenvalue weighted by Crippen LogP contribution is 2.43. The molecular formula is C15H21BrN2O2. The molecule has 110 valence electrons. The van der Waals surface area contributed by atoms with Gasteiger partial charge in [-0.25, -0.2) is 4.98 Å². The maximum atomic E-state index is 12.2. The Balaban J connectivity index is 2.04. The Kier molecular flexibility index (Phi) is 4.00. The van der Waals surface area contributed by atoms with Crippen molar-refractivity contribution in [3.8, 4) is 0 Å². The number of halogens is 1. The molecule has 1 N–H and O–H groups in total. The Labute approximate surface area is 127 Å². The number of nitrogens with zero attached hydrogens (tertiary/aromatic N) is 1. The molecule has 0 atom stereocenters. The van der Waals surface area contributed by atoms with Gasteiger partial charge in [-0.2, -0.15) is 0 Å². The molecule has 2 aliphatic carbocycles. The van der Waals surface area contributed by atoms with Gasteiger partial charge in [0.1, 0.15) is 15.9 Å². The number of nitrogens with one attached hydrogen (secondary N) is 1. The SMILES string of the molecule is CCOC1(c2nc(C3CC3)c(Br)c(=O)[nH]2)CCCCC1. The second-order valence-electron chi connectivity index (χ2n) is 5.88. The van der Waals surface area contributed by atoms with E-state index in [0.29, 0.717) is 17.0 Å². The quantitative estimate of drug-likeness (QED) is 0.910. The zero-order valence-corrected chi connectivity index (χ0v) is 13.5. The van der Waals surface area contributed by atoms with Gasteiger partial charge in [0.15, 0.2) is 0 Å². The lowest BCUT2D eigenvalue weighted by molar-refractivity contribution is -0.0770. The van der Waals surface area contributed by atoms with Crippen LogP contribution in [0.4, 0.5) is 0 Å². The summed E-state index contributed by atoms with van der Waals surface area (Å²) in [6.07, 6.45) is 7.69. The predicted octanol–water partition coefficient (Wildman–Crippen LogP) is 3.61. The molecule has 1 aromatic rings. The van der Waals surface area contributed by atoms with E-state index in [9.17, 15) is 4.79 Å². The third kappa shape index (κ3) is 2.58. The van der Waals surface area contributed by atoms with Gasteiger partial charge in [-0.05, 0) is 48.5 Å². The summed E-state index contributed by atoms with van der Waals surface area (Å²) in [6, 6.07) is 0. The van der Waals surface area contributed by atoms with E-state index in [1.165, 1.54) is 6.42 Å². The van der Waals surface area contributed by atoms with Crippen molar-refractivity contribution in [2.75, 3.05) is 6.61 Å². The van der Waals surface area contributed by atoms with E-state index in [0.717, 1.165) is 50.0 Å². The molecule has 2 fully saturated rings. The van der Waals surface area contributed by atoms with E-state index in [1.54, 1.807) is 0 Å². The zero-order valence-electron chi connectivity index (χ0n) is 11.9. The van der Waals surface area contributed by atoms with Crippen LogP contribution in [0.5, 0.6) is 0 Å². The molecule has 5 heteroatoms. The topological polar surface area (TPSA) is 55.0 Å². The lowest BCUT2D eigenvalue weighted by atomic mass is 9.83. The van der Waals surface area contributed by atoms with Crippen molar-refractivity contribution in [2.24, 2.45) is 0 Å². The summed E-state index contributed by atoms with van der Waals surface area (Å²) in [5.74, 6) is 1.20. The molecule has 0 saturated heterocycles. The van der Waals surface area contributed by atoms with E-state index in [1.807, 2.05) is 6.92 Å². The molecule has 1 heterocycles. The van der Waals surface area contributed by atoms with Crippen molar-refractivity contribution in [1.29, 1.82) is 0 Å². The second kappa shape index (κ2) is 5.60. The molecule has 20 heavy (non-hydrogen) atoms. The van der Waals surface area contributed by atoms with E-state index < -0.39 is 0 Å². The van der Waals surface area contributed by atoms with Crippen molar-refractivity contribution in [1.82, 2.24) is 9.97 Å². The third-order valence-electron chi connectivity index (χ3n) is 4.37. The summed E-state index contributed by atoms with van der Waals surface area (Å²) in [5, 5.41) is 0. The Hall–Kier alpha value is -0.680. The van der Waals surface area contributed by atoms with Gasteiger partial charge < -0.3 is 9.72 Å². The number of hydrogen-bond donors (Lipinski definition) is 1. The maximum absolute atomic E-state index is 12.2. The number of hydrogen-bond acceptors (Lipinski definition) is 3. The van der Waals surface area contributed by atoms with Crippen LogP contribution in [0.2, 0.25) is 0 Å². The van der Waals surface area contributed by atoms with Crippen molar-refractivity contribution in [2.45, 2.75) is 63.4 Å². The number of rotatable bonds is 4. The molecular weight excluding hydrogens is 320 g/mol. The van der Waals surface area contributed by atoms with Gasteiger partial charge >= 0.3 is 0 Å². The summed E-state index contributed by atoms with van der Waals surface area (Å²) in [6.45, 7) is 2.66. The molecule has 0 aromatic carbocycles. The second-order valence-corrected chi connectivity index (χ2v) is 6.67. The van der Waals surface area contributed by atoms with E-state index in [2.05, 4.69) is 20.9 Å². The van der Waals surface area contributed by atoms with Crippen molar-refractivity contribution in [3.05, 3.63) is 26.3 Å². The van der Waals surface area contributed by atoms with Crippen LogP contribution >= 0.6 is 15.9 Å². The van der Waals surface area contributed by atoms with Crippen LogP contribution in [-0.4, -0.2) is 16.6 Å². The fourth-order valence-corrected chi connectivity index (χ4v) is 3.68. The minimum absolute atomic E-state index is 0.0680. The molecule has 2 saturated carbocycles. The largest absolute Gasteiger partial charge is 0.367 e. The maximum Gasteiger partial charge on any atom is 0.265 e. The van der Waals surface area contributed by atoms with Gasteiger partial charge in [-0.1, -0.05) is 19.3 Å². The van der Waals surface area contributed by atoms with Crippen LogP contribution < -0.4 is 5.56 Å². The molecule has 0 amide bonds. The summed E-state index contributed by atoms with van der Waals surface area (Å²) < 4.78 is 6.66. The first kappa shape index (κ1) is 14.3. The summed E-state index contributed by atoms with van der Waals surface area (Å²) >= 11 is 3.39. The number of aromatic nitrogens is 2. The molecule has 0 radical (unpaired) electrons. The minimum Gasteiger partial charge on any atom is -0.367 e. The van der Waals surface area contributed by atoms with Crippen LogP contribution in [0.3, 0.4) is 0 Å². The number of ether oxygens (including phenoxy) is 1. The average molecular weight is 341 g/mol. The van der Waals surface area contributed by atoms with Gasteiger partial charge in [-0.15, -0.1) is 0 Å². The first-order valence-electron chi connectivity index (χ1n) is 7.60. The van der Waals surface area contributed by atoms with Crippen LogP contribution in [0, 0.1) is 0 Å². The first-order chi connectivity index (χ1) is 9.66. The number of aromatic amines is 1. The molecule has 0 aliphatic heterocycles. The van der Waals surface area contributed by atoms with Crippen LogP contribution in [0.1, 0.15) is 69.3 Å². The van der Waals surface area contributed by atoms with E-state index in [4.69, 9.17) is 9.72 Å². The molecule has 0 bridgehead atoms. The normalized spacial score (nSPS) is 21.9. The third-order valence-corrected chi connectivity index (χ3v) is 5.13. The molecule has 3 rings (SSSR count). The molecule has 2 aliphatic rings. The zero-order chi connectivity index (χ0) is 14.2. The Morgan fingerprint density at radius 1 is 1.35 bits per heavy atom. The van der Waals surface area contributed by atoms with Crippen molar-refractivity contribution < 1.29 is 4.74 Å². The average Bonchev–Trinajstić information content (AvgIpc) is 3.27. The van der Waals surface area contributed by atoms with Gasteiger partial charge in [0.25, 0.3) is 5.56 Å². The fraction of sp³-hybridized carbons (Fsp3) is 0.733. The monoisotopic (exact) mass is 340 g/mol. The van der Waals surface area contributed by atoms with Gasteiger partial charge in [0.05, 0.1) is 5.69 Å². The first-order valence-corrected chi connectivity index (χ1v) is 8.40. The summed E-state index contributed by atoms with van der Waals surface area (Å²) in [5.41, 5.74) is 0.478. The number of H-pyrrole nitrogens is 1. The molecule has 1 aromatic heterocycles. The van der Waals surface area contributed by atoms with Gasteiger partial charge in [0.2, 0.25) is 0 Å². The van der Waals surface area contributed by atoms with E-state index in [-0.39, 0.29) is 11.2 Å². The lowest BCUT2D eigenvalue weighted by Gasteiger charge is -2.36. The summed E-state index contributed by atoms with van der Waals surface area (Å²) in [4.78, 5) is 19.9. The van der Waals surface area contributed by atoms with Gasteiger partial charge in [-0.3, -0.25) is 4.79 Å². The Bertz CT molecular complexity index is 540. The lowest BCUT2D eigenvalue weighted by Crippen LogP contribution is -2.36. The van der Waals surface area contributed by atoms with Crippen LogP contribution in [-0.2, 0) is 10.3 Å². The van der Waals surface area contributed by atoms with Gasteiger partial charge in [0, 0.05) is 12.5 Å². The molecule has 4 nitrogen and oxygen atoms in total. The minimum atomic E-state index is -0.378. The summed E-state index contributed by atoms with van der Waals surface area (Å²) in [7, 11) is 0. The fourth-order valence-electron chi connectivity index (χ4n) is 3.17. The van der Waals surface area contributed by atoms with Crippen molar-refractivity contribution >= 4 is 15.9 Å². The smallest absolute Gasteiger partial charge is 0.265 e. The Morgan fingerprint density at radius 2 is 2.05 bits per heavy atom. The highest BCUT2D eigenvalue weighted by atomic mass is 79.9. The predicted molar refractivity (Wildman–Crippen MR) is 80.9 cm³/mol. The molecule has 0 spiro atoms. The highest BCUT2D eigenvalue weighted by molar-refractivity contribution is 9.10. The standard InChI is InChI=1S/C15H21BrN2O2/c1-2-20-15(8-4-3-5-9-15)14-17-12(10-6-7-10)11(16)13(19)18-14/h10H,2-9H2,1H3,(H,17,18,19). The van der Waals surface area contributed by atoms with Crippen LogP contribution in [0.25, 0.3) is 0 Å². The van der Waals surface area contributed by atoms with Crippen LogP contribution in [0.15, 0.2) is 9.27 Å². The highest BCUT2D eigenvalue weighted by Gasteiger charge is 2.39.